The number of amides is 1. The van der Waals surface area contributed by atoms with Gasteiger partial charge in [0.15, 0.2) is 0 Å². The first-order valence-corrected chi connectivity index (χ1v) is 7.32. The van der Waals surface area contributed by atoms with Crippen LogP contribution in [0.15, 0.2) is 43.2 Å². The van der Waals surface area contributed by atoms with Gasteiger partial charge < -0.3 is 14.8 Å². The number of carbonyl (C=O) groups is 2. The van der Waals surface area contributed by atoms with Gasteiger partial charge >= 0.3 is 0 Å². The molecule has 0 spiro atoms. The second-order valence-corrected chi connectivity index (χ2v) is 4.84. The Morgan fingerprint density at radius 1 is 1.38 bits per heavy atom. The Kier molecular flexibility index (Phi) is 6.45. The van der Waals surface area contributed by atoms with Gasteiger partial charge in [-0.1, -0.05) is 6.07 Å². The molecule has 0 atom stereocenters. The summed E-state index contributed by atoms with van der Waals surface area (Å²) in [6.45, 7) is 0.894. The number of nitrogens with one attached hydrogen (secondary N) is 1. The van der Waals surface area contributed by atoms with Gasteiger partial charge in [0.25, 0.3) is 6.47 Å². The van der Waals surface area contributed by atoms with E-state index in [2.05, 4.69) is 20.4 Å². The minimum atomic E-state index is -0.250. The molecule has 1 amide bonds. The third kappa shape index (κ3) is 5.20. The van der Waals surface area contributed by atoms with E-state index in [1.165, 1.54) is 6.33 Å². The Labute approximate surface area is 138 Å². The predicted octanol–water partition coefficient (Wildman–Crippen LogP) is 0.723. The van der Waals surface area contributed by atoms with Crippen LogP contribution in [0.2, 0.25) is 0 Å². The van der Waals surface area contributed by atoms with Gasteiger partial charge in [-0.2, -0.15) is 5.10 Å². The molecule has 3 aromatic rings. The molecular formula is C15H18N6O3. The van der Waals surface area contributed by atoms with Crippen LogP contribution in [0, 0.1) is 0 Å². The van der Waals surface area contributed by atoms with Crippen LogP contribution in [0.3, 0.4) is 0 Å². The number of nitrogens with zero attached hydrogens (tertiary/aromatic N) is 5. The van der Waals surface area contributed by atoms with Crippen LogP contribution in [0.4, 0.5) is 0 Å². The van der Waals surface area contributed by atoms with Crippen LogP contribution >= 0.6 is 0 Å². The number of carbonyl (C=O) groups excluding carboxylic acids is 1. The quantitative estimate of drug-likeness (QED) is 0.644. The number of imidazole rings is 1. The lowest BCUT2D eigenvalue weighted by Crippen LogP contribution is -2.23. The minimum Gasteiger partial charge on any atom is -0.483 e. The monoisotopic (exact) mass is 330 g/mol. The van der Waals surface area contributed by atoms with E-state index < -0.39 is 0 Å². The zero-order valence-corrected chi connectivity index (χ0v) is 12.9. The lowest BCUT2D eigenvalue weighted by molar-refractivity contribution is -0.123. The van der Waals surface area contributed by atoms with Gasteiger partial charge in [0, 0.05) is 25.4 Å². The van der Waals surface area contributed by atoms with E-state index in [9.17, 15) is 4.79 Å². The van der Waals surface area contributed by atoms with Gasteiger partial charge in [0.2, 0.25) is 5.91 Å². The molecule has 2 N–H and O–H groups in total. The molecule has 0 aromatic carbocycles. The Bertz CT molecular complexity index is 735. The molecule has 0 aliphatic rings. The maximum absolute atomic E-state index is 11.8. The first kappa shape index (κ1) is 17.1. The fourth-order valence-corrected chi connectivity index (χ4v) is 2.10. The van der Waals surface area contributed by atoms with E-state index in [-0.39, 0.29) is 12.4 Å². The first-order chi connectivity index (χ1) is 11.7. The Hall–Kier alpha value is -3.23. The van der Waals surface area contributed by atoms with Crippen LogP contribution in [0.5, 0.6) is 0 Å². The summed E-state index contributed by atoms with van der Waals surface area (Å²) in [6, 6.07) is 5.82. The summed E-state index contributed by atoms with van der Waals surface area (Å²) in [5.74, 6) is 0.0205. The largest absolute Gasteiger partial charge is 0.483 e. The second kappa shape index (κ2) is 9.03. The Morgan fingerprint density at radius 3 is 2.92 bits per heavy atom. The average Bonchev–Trinajstić information content (AvgIpc) is 3.22. The van der Waals surface area contributed by atoms with Crippen molar-refractivity contribution in [2.24, 2.45) is 0 Å². The van der Waals surface area contributed by atoms with Crippen molar-refractivity contribution >= 4 is 18.0 Å². The normalized spacial score (nSPS) is 10.0. The van der Waals surface area contributed by atoms with E-state index >= 15 is 0 Å². The van der Waals surface area contributed by atoms with E-state index in [1.54, 1.807) is 11.0 Å². The van der Waals surface area contributed by atoms with Crippen molar-refractivity contribution in [3.63, 3.8) is 0 Å². The Morgan fingerprint density at radius 2 is 2.21 bits per heavy atom. The zero-order valence-electron chi connectivity index (χ0n) is 12.9. The standard InChI is InChI=1S/C14H16N6O.CH2O2/c21-14(5-3-7-20-11-15-10-17-20)16-8-12-9-19-6-2-1-4-13(19)18-12;2-1-3/h1-2,4,6,9-11H,3,5,7-8H2,(H,16,21);1H,(H,2,3). The second-order valence-electron chi connectivity index (χ2n) is 4.84. The smallest absolute Gasteiger partial charge is 0.290 e. The molecule has 24 heavy (non-hydrogen) atoms. The van der Waals surface area contributed by atoms with Crippen LogP contribution in [-0.4, -0.2) is 41.6 Å². The van der Waals surface area contributed by atoms with Gasteiger partial charge in [-0.25, -0.2) is 9.97 Å². The molecule has 0 radical (unpaired) electrons. The number of rotatable bonds is 6. The molecule has 0 fully saturated rings. The summed E-state index contributed by atoms with van der Waals surface area (Å²) in [5.41, 5.74) is 1.73. The molecule has 0 aliphatic heterocycles. The number of hydrogen-bond acceptors (Lipinski definition) is 5. The van der Waals surface area contributed by atoms with Gasteiger partial charge in [-0.05, 0) is 18.6 Å². The number of carboxylic acid groups (broad SMARTS) is 1. The van der Waals surface area contributed by atoms with Crippen molar-refractivity contribution < 1.29 is 14.7 Å². The van der Waals surface area contributed by atoms with E-state index in [4.69, 9.17) is 9.90 Å². The predicted molar refractivity (Wildman–Crippen MR) is 85.0 cm³/mol. The molecular weight excluding hydrogens is 312 g/mol. The fourth-order valence-electron chi connectivity index (χ4n) is 2.10. The van der Waals surface area contributed by atoms with Crippen LogP contribution in [0.1, 0.15) is 18.5 Å². The maximum atomic E-state index is 11.8. The van der Waals surface area contributed by atoms with Gasteiger partial charge in [-0.3, -0.25) is 14.3 Å². The molecule has 3 heterocycles. The minimum absolute atomic E-state index is 0.0205. The molecule has 3 rings (SSSR count). The highest BCUT2D eigenvalue weighted by Crippen LogP contribution is 2.04. The summed E-state index contributed by atoms with van der Waals surface area (Å²) in [5, 5.41) is 13.8. The summed E-state index contributed by atoms with van der Waals surface area (Å²) in [6.07, 6.45) is 8.20. The van der Waals surface area contributed by atoms with Crippen LogP contribution in [-0.2, 0) is 22.7 Å². The zero-order chi connectivity index (χ0) is 17.2. The highest BCUT2D eigenvalue weighted by Gasteiger charge is 2.04. The van der Waals surface area contributed by atoms with Gasteiger partial charge in [0.05, 0.1) is 12.2 Å². The lowest BCUT2D eigenvalue weighted by Gasteiger charge is -2.03. The maximum Gasteiger partial charge on any atom is 0.290 e. The third-order valence-corrected chi connectivity index (χ3v) is 3.14. The fraction of sp³-hybridized carbons (Fsp3) is 0.267. The summed E-state index contributed by atoms with van der Waals surface area (Å²) >= 11 is 0. The van der Waals surface area contributed by atoms with Crippen molar-refractivity contribution in [2.75, 3.05) is 0 Å². The van der Waals surface area contributed by atoms with E-state index in [1.807, 2.05) is 35.0 Å². The molecule has 0 saturated carbocycles. The molecule has 9 heteroatoms. The van der Waals surface area contributed by atoms with Crippen molar-refractivity contribution in [1.29, 1.82) is 0 Å². The van der Waals surface area contributed by atoms with Crippen LogP contribution in [0.25, 0.3) is 5.65 Å². The van der Waals surface area contributed by atoms with Gasteiger partial charge in [0.1, 0.15) is 18.3 Å². The lowest BCUT2D eigenvalue weighted by atomic mass is 10.3. The number of hydrogen-bond donors (Lipinski definition) is 2. The molecule has 0 bridgehead atoms. The van der Waals surface area contributed by atoms with Gasteiger partial charge in [-0.15, -0.1) is 0 Å². The first-order valence-electron chi connectivity index (χ1n) is 7.32. The molecule has 3 aromatic heterocycles. The molecule has 0 saturated heterocycles. The molecule has 126 valence electrons. The SMILES string of the molecule is O=C(CCCn1cncn1)NCc1cn2ccccc2n1.O=CO. The number of pyridine rings is 1. The number of aryl methyl sites for hydroxylation is 1. The topological polar surface area (TPSA) is 114 Å². The van der Waals surface area contributed by atoms with Crippen molar-refractivity contribution in [1.82, 2.24) is 29.5 Å². The highest BCUT2D eigenvalue weighted by molar-refractivity contribution is 5.75. The summed E-state index contributed by atoms with van der Waals surface area (Å²) in [7, 11) is 0. The third-order valence-electron chi connectivity index (χ3n) is 3.14. The highest BCUT2D eigenvalue weighted by atomic mass is 16.3. The van der Waals surface area contributed by atoms with Crippen LogP contribution < -0.4 is 5.32 Å². The summed E-state index contributed by atoms with van der Waals surface area (Å²) < 4.78 is 3.65. The molecule has 9 nitrogen and oxygen atoms in total. The summed E-state index contributed by atoms with van der Waals surface area (Å²) in [4.78, 5) is 28.4. The van der Waals surface area contributed by atoms with Crippen molar-refractivity contribution in [3.05, 3.63) is 48.9 Å². The van der Waals surface area contributed by atoms with Crippen molar-refractivity contribution in [2.45, 2.75) is 25.9 Å². The Balaban J connectivity index is 0.000000647. The van der Waals surface area contributed by atoms with E-state index in [0.717, 1.165) is 17.8 Å². The molecule has 0 aliphatic carbocycles. The average molecular weight is 330 g/mol. The number of aromatic nitrogens is 5. The van der Waals surface area contributed by atoms with Crippen molar-refractivity contribution in [3.8, 4) is 0 Å². The molecule has 0 unspecified atom stereocenters. The number of fused-ring (bicyclic) bond motifs is 1. The van der Waals surface area contributed by atoms with E-state index in [0.29, 0.717) is 19.5 Å².